The van der Waals surface area contributed by atoms with Crippen molar-refractivity contribution < 1.29 is 9.53 Å². The molecule has 7 nitrogen and oxygen atoms in total. The van der Waals surface area contributed by atoms with E-state index >= 15 is 0 Å². The first-order valence-electron chi connectivity index (χ1n) is 13.2. The zero-order valence-electron chi connectivity index (χ0n) is 22.4. The number of benzene rings is 2. The fourth-order valence-corrected chi connectivity index (χ4v) is 6.91. The van der Waals surface area contributed by atoms with Crippen LogP contribution in [0.5, 0.6) is 5.75 Å². The van der Waals surface area contributed by atoms with Gasteiger partial charge in [0.25, 0.3) is 0 Å². The molecule has 1 aliphatic heterocycles. The molecule has 0 N–H and O–H groups in total. The molecule has 0 amide bonds. The first-order chi connectivity index (χ1) is 18.4. The van der Waals surface area contributed by atoms with Crippen molar-refractivity contribution in [2.24, 2.45) is 13.0 Å². The number of carbonyl (C=O) groups is 1. The largest absolute Gasteiger partial charge is 0.496 e. The van der Waals surface area contributed by atoms with Crippen molar-refractivity contribution in [3.63, 3.8) is 0 Å². The molecule has 2 atom stereocenters. The summed E-state index contributed by atoms with van der Waals surface area (Å²) in [5, 5.41) is 11.1. The van der Waals surface area contributed by atoms with E-state index in [9.17, 15) is 4.79 Å². The van der Waals surface area contributed by atoms with Crippen LogP contribution in [0.4, 0.5) is 0 Å². The third kappa shape index (κ3) is 4.39. The molecule has 2 aliphatic rings. The minimum Gasteiger partial charge on any atom is -0.496 e. The fraction of sp³-hybridized carbons (Fsp3) is 0.400. The second kappa shape index (κ2) is 9.82. The van der Waals surface area contributed by atoms with Crippen LogP contribution in [0.2, 0.25) is 0 Å². The molecule has 0 spiro atoms. The van der Waals surface area contributed by atoms with E-state index in [2.05, 4.69) is 48.9 Å². The van der Waals surface area contributed by atoms with E-state index < -0.39 is 0 Å². The maximum absolute atomic E-state index is 12.1. The lowest BCUT2D eigenvalue weighted by Gasteiger charge is -2.21. The van der Waals surface area contributed by atoms with Gasteiger partial charge in [0.05, 0.1) is 18.2 Å². The Kier molecular flexibility index (Phi) is 6.48. The van der Waals surface area contributed by atoms with Crippen molar-refractivity contribution in [3.05, 3.63) is 65.4 Å². The van der Waals surface area contributed by atoms with Crippen LogP contribution in [-0.4, -0.2) is 62.9 Å². The predicted molar refractivity (Wildman–Crippen MR) is 151 cm³/mol. The van der Waals surface area contributed by atoms with Crippen LogP contribution < -0.4 is 4.74 Å². The summed E-state index contributed by atoms with van der Waals surface area (Å²) >= 11 is 1.77. The van der Waals surface area contributed by atoms with Crippen molar-refractivity contribution in [1.29, 1.82) is 0 Å². The van der Waals surface area contributed by atoms with Gasteiger partial charge in [-0.15, -0.1) is 10.2 Å². The summed E-state index contributed by atoms with van der Waals surface area (Å²) < 4.78 is 7.50. The molecule has 6 rings (SSSR count). The zero-order valence-corrected chi connectivity index (χ0v) is 23.2. The summed E-state index contributed by atoms with van der Waals surface area (Å²) in [6.45, 7) is 6.89. The van der Waals surface area contributed by atoms with Crippen LogP contribution in [0.3, 0.4) is 0 Å². The third-order valence-electron chi connectivity index (χ3n) is 8.17. The molecule has 1 saturated heterocycles. The number of thioether (sulfide) groups is 1. The number of likely N-dealkylation sites (tertiary alicyclic amines) is 1. The Bertz CT molecular complexity index is 1530. The number of hydrogen-bond donors (Lipinski definition) is 0. The number of fused-ring (bicyclic) bond motifs is 2. The molecule has 3 heterocycles. The zero-order chi connectivity index (χ0) is 26.4. The number of hydrogen-bond acceptors (Lipinski definition) is 7. The molecule has 2 unspecified atom stereocenters. The highest BCUT2D eigenvalue weighted by atomic mass is 32.2. The molecule has 4 aromatic rings. The van der Waals surface area contributed by atoms with Crippen molar-refractivity contribution in [2.45, 2.75) is 37.3 Å². The molecule has 1 saturated carbocycles. The van der Waals surface area contributed by atoms with Gasteiger partial charge in [-0.1, -0.05) is 36.0 Å². The SMILES string of the molecule is COc1ccc(C23CC2CN(CCCSc2nnc(-c4cccc5nc(C)ccc45)n2C)C3)cc1C(C)=O. The Hall–Kier alpha value is -3.23. The van der Waals surface area contributed by atoms with E-state index in [0.29, 0.717) is 17.2 Å². The fourth-order valence-electron chi connectivity index (χ4n) is 6.08. The average molecular weight is 528 g/mol. The number of ether oxygens (including phenoxy) is 1. The highest BCUT2D eigenvalue weighted by Gasteiger charge is 2.60. The van der Waals surface area contributed by atoms with E-state index in [-0.39, 0.29) is 11.2 Å². The van der Waals surface area contributed by atoms with Crippen LogP contribution in [-0.2, 0) is 12.5 Å². The number of Topliss-reactive ketones (excluding diaryl/α,β-unsaturated/α-hetero) is 1. The highest BCUT2D eigenvalue weighted by Crippen LogP contribution is 2.59. The minimum absolute atomic E-state index is 0.0586. The summed E-state index contributed by atoms with van der Waals surface area (Å²) in [7, 11) is 3.67. The Balaban J connectivity index is 1.07. The van der Waals surface area contributed by atoms with Gasteiger partial charge < -0.3 is 14.2 Å². The van der Waals surface area contributed by atoms with Gasteiger partial charge >= 0.3 is 0 Å². The molecule has 0 bridgehead atoms. The number of nitrogens with zero attached hydrogens (tertiary/aromatic N) is 5. The summed E-state index contributed by atoms with van der Waals surface area (Å²) in [6.07, 6.45) is 2.31. The number of piperidine rings is 1. The van der Waals surface area contributed by atoms with Gasteiger partial charge in [-0.25, -0.2) is 0 Å². The van der Waals surface area contributed by atoms with Crippen LogP contribution in [0.15, 0.2) is 53.7 Å². The van der Waals surface area contributed by atoms with Crippen molar-refractivity contribution in [1.82, 2.24) is 24.6 Å². The van der Waals surface area contributed by atoms with Gasteiger partial charge in [0.15, 0.2) is 16.8 Å². The van der Waals surface area contributed by atoms with Crippen molar-refractivity contribution in [2.75, 3.05) is 32.5 Å². The number of methoxy groups -OCH3 is 1. The number of aryl methyl sites for hydroxylation is 1. The van der Waals surface area contributed by atoms with Crippen molar-refractivity contribution >= 4 is 28.4 Å². The van der Waals surface area contributed by atoms with E-state index in [1.807, 2.05) is 38.2 Å². The lowest BCUT2D eigenvalue weighted by Crippen LogP contribution is -2.28. The normalized spacial score (nSPS) is 20.6. The number of ketones is 1. The van der Waals surface area contributed by atoms with Crippen molar-refractivity contribution in [3.8, 4) is 17.1 Å². The van der Waals surface area contributed by atoms with Gasteiger partial charge in [-0.05, 0) is 69.0 Å². The number of pyridine rings is 1. The van der Waals surface area contributed by atoms with E-state index in [4.69, 9.17) is 4.74 Å². The molecule has 196 valence electrons. The Morgan fingerprint density at radius 3 is 2.87 bits per heavy atom. The molecular formula is C30H33N5O2S. The van der Waals surface area contributed by atoms with E-state index in [1.165, 1.54) is 12.0 Å². The summed E-state index contributed by atoms with van der Waals surface area (Å²) in [5.74, 6) is 3.27. The third-order valence-corrected chi connectivity index (χ3v) is 9.27. The minimum atomic E-state index is 0.0586. The molecule has 2 aromatic carbocycles. The average Bonchev–Trinajstić information content (AvgIpc) is 3.29. The van der Waals surface area contributed by atoms with Gasteiger partial charge in [-0.3, -0.25) is 9.78 Å². The monoisotopic (exact) mass is 527 g/mol. The predicted octanol–water partition coefficient (Wildman–Crippen LogP) is 5.31. The highest BCUT2D eigenvalue weighted by molar-refractivity contribution is 7.99. The number of aromatic nitrogens is 4. The van der Waals surface area contributed by atoms with E-state index in [0.717, 1.165) is 64.9 Å². The van der Waals surface area contributed by atoms with Crippen LogP contribution in [0.1, 0.15) is 41.4 Å². The molecule has 38 heavy (non-hydrogen) atoms. The summed E-state index contributed by atoms with van der Waals surface area (Å²) in [5.41, 5.74) is 5.23. The maximum atomic E-state index is 12.1. The molecule has 1 aliphatic carbocycles. The van der Waals surface area contributed by atoms with Gasteiger partial charge in [0.2, 0.25) is 0 Å². The van der Waals surface area contributed by atoms with Crippen LogP contribution in [0, 0.1) is 12.8 Å². The van der Waals surface area contributed by atoms with Gasteiger partial charge in [0.1, 0.15) is 5.75 Å². The van der Waals surface area contributed by atoms with Gasteiger partial charge in [0, 0.05) is 47.9 Å². The standard InChI is InChI=1S/C30H33N5O2S/c1-19-9-11-23-24(7-5-8-26(23)31-19)28-32-33-29(34(28)3)38-14-6-13-35-17-22-16-30(22,18-35)21-10-12-27(37-4)25(15-21)20(2)36/h5,7-12,15,22H,6,13-14,16-18H2,1-4H3. The smallest absolute Gasteiger partial charge is 0.191 e. The lowest BCUT2D eigenvalue weighted by atomic mass is 9.92. The molecular weight excluding hydrogens is 494 g/mol. The first kappa shape index (κ1) is 25.1. The summed E-state index contributed by atoms with van der Waals surface area (Å²) in [4.78, 5) is 19.4. The Morgan fingerprint density at radius 2 is 2.05 bits per heavy atom. The maximum Gasteiger partial charge on any atom is 0.191 e. The van der Waals surface area contributed by atoms with E-state index in [1.54, 1.807) is 25.8 Å². The number of rotatable bonds is 9. The first-order valence-corrected chi connectivity index (χ1v) is 14.2. The quantitative estimate of drug-likeness (QED) is 0.166. The molecule has 2 aromatic heterocycles. The summed E-state index contributed by atoms with van der Waals surface area (Å²) in [6, 6.07) is 16.5. The second-order valence-corrected chi connectivity index (χ2v) is 11.7. The molecule has 0 radical (unpaired) electrons. The number of carbonyl (C=O) groups excluding carboxylic acids is 1. The lowest BCUT2D eigenvalue weighted by molar-refractivity contribution is 0.101. The Morgan fingerprint density at radius 1 is 1.18 bits per heavy atom. The second-order valence-electron chi connectivity index (χ2n) is 10.7. The van der Waals surface area contributed by atoms with Crippen LogP contribution in [0.25, 0.3) is 22.3 Å². The topological polar surface area (TPSA) is 73.1 Å². The van der Waals surface area contributed by atoms with Crippen LogP contribution >= 0.6 is 11.8 Å². The molecule has 2 fully saturated rings. The molecule has 8 heteroatoms. The Labute approximate surface area is 227 Å². The van der Waals surface area contributed by atoms with Gasteiger partial charge in [-0.2, -0.15) is 0 Å².